The Morgan fingerprint density at radius 2 is 2.20 bits per heavy atom. The van der Waals surface area contributed by atoms with E-state index in [1.165, 1.54) is 0 Å². The smallest absolute Gasteiger partial charge is 0.252 e. The van der Waals surface area contributed by atoms with Gasteiger partial charge in [0.15, 0.2) is 0 Å². The highest BCUT2D eigenvalue weighted by atomic mass is 32.1. The molecule has 0 aliphatic carbocycles. The third-order valence-corrected chi connectivity index (χ3v) is 0.183. The van der Waals surface area contributed by atoms with Crippen LogP contribution in [0.3, 0.4) is 0 Å². The van der Waals surface area contributed by atoms with Crippen LogP contribution < -0.4 is 0 Å². The van der Waals surface area contributed by atoms with Gasteiger partial charge in [-0.05, 0) is 12.6 Å². The first-order valence-corrected chi connectivity index (χ1v) is 1.26. The first-order chi connectivity index (χ1) is 2.27. The lowest BCUT2D eigenvalue weighted by Gasteiger charge is -1.57. The molecule has 0 bridgehead atoms. The highest BCUT2D eigenvalue weighted by Gasteiger charge is 1.78. The summed E-state index contributed by atoms with van der Waals surface area (Å²) in [5.41, 5.74) is 5.83. The molecule has 1 radical (unpaired) electrons. The summed E-state index contributed by atoms with van der Waals surface area (Å²) in [6.45, 7) is 0. The second-order valence-electron chi connectivity index (χ2n) is 0.378. The molecule has 0 aliphatic heterocycles. The van der Waals surface area contributed by atoms with Gasteiger partial charge in [0.05, 0.1) is 0 Å². The van der Waals surface area contributed by atoms with Crippen molar-refractivity contribution in [3.63, 3.8) is 0 Å². The molecule has 0 aliphatic rings. The Bertz CT molecular complexity index is 60.7. The Kier molecular flexibility index (Phi) is 1.60. The van der Waals surface area contributed by atoms with Gasteiger partial charge in [-0.3, -0.25) is 4.79 Å². The summed E-state index contributed by atoms with van der Waals surface area (Å²) in [7, 11) is 0. The van der Waals surface area contributed by atoms with Crippen molar-refractivity contribution < 1.29 is 4.79 Å². The van der Waals surface area contributed by atoms with Crippen LogP contribution in [0, 0.1) is 5.53 Å². The van der Waals surface area contributed by atoms with Crippen LogP contribution in [0.5, 0.6) is 0 Å². The molecule has 0 fully saturated rings. The summed E-state index contributed by atoms with van der Waals surface area (Å²) >= 11 is 3.79. The minimum atomic E-state index is -0.870. The monoisotopic (exact) mass is 89.0 g/mol. The fourth-order valence-electron chi connectivity index (χ4n) is 0. The predicted molar refractivity (Wildman–Crippen MR) is 18.1 cm³/mol. The fourth-order valence-corrected chi connectivity index (χ4v) is 0. The molecule has 0 saturated heterocycles. The second-order valence-corrected chi connectivity index (χ2v) is 0.727. The third kappa shape index (κ3) is 3.49. The van der Waals surface area contributed by atoms with Crippen molar-refractivity contribution in [2.24, 2.45) is 5.11 Å². The highest BCUT2D eigenvalue weighted by molar-refractivity contribution is 7.96. The Morgan fingerprint density at radius 1 is 2.00 bits per heavy atom. The zero-order valence-electron chi connectivity index (χ0n) is 2.26. The number of carbonyl (C=O) groups is 1. The van der Waals surface area contributed by atoms with E-state index in [0.717, 1.165) is 0 Å². The molecule has 1 N–H and O–H groups in total. The number of amides is 1. The van der Waals surface area contributed by atoms with Crippen molar-refractivity contribution in [2.45, 2.75) is 0 Å². The molecule has 27 valence electrons. The summed E-state index contributed by atoms with van der Waals surface area (Å²) in [5.74, 6) is 0. The summed E-state index contributed by atoms with van der Waals surface area (Å²) in [6.07, 6.45) is 0. The van der Waals surface area contributed by atoms with Crippen molar-refractivity contribution in [1.82, 2.24) is 0 Å². The van der Waals surface area contributed by atoms with E-state index in [1.54, 1.807) is 0 Å². The van der Waals surface area contributed by atoms with Crippen molar-refractivity contribution in [3.8, 4) is 0 Å². The van der Waals surface area contributed by atoms with Gasteiger partial charge in [-0.2, -0.15) is 0 Å². The number of carbonyl (C=O) groups excluding carboxylic acids is 1. The van der Waals surface area contributed by atoms with E-state index >= 15 is 0 Å². The summed E-state index contributed by atoms with van der Waals surface area (Å²) in [5, 5.41) is 1.44. The van der Waals surface area contributed by atoms with E-state index < -0.39 is 5.24 Å². The van der Waals surface area contributed by atoms with Crippen molar-refractivity contribution in [3.05, 3.63) is 0 Å². The summed E-state index contributed by atoms with van der Waals surface area (Å²) < 4.78 is 0. The van der Waals surface area contributed by atoms with Crippen LogP contribution in [0.15, 0.2) is 5.11 Å². The van der Waals surface area contributed by atoms with Gasteiger partial charge in [0.1, 0.15) is 0 Å². The number of nitrogens with one attached hydrogen (secondary N) is 1. The number of nitrogens with zero attached hydrogens (tertiary/aromatic N) is 1. The molecular weight excluding hydrogens is 88.1 g/mol. The van der Waals surface area contributed by atoms with Gasteiger partial charge < -0.3 is 0 Å². The van der Waals surface area contributed by atoms with Crippen LogP contribution in [0.1, 0.15) is 0 Å². The molecule has 4 heteroatoms. The molecule has 0 aromatic carbocycles. The number of hydrogen-bond donors (Lipinski definition) is 1. The minimum absolute atomic E-state index is 0.870. The van der Waals surface area contributed by atoms with Crippen molar-refractivity contribution in [1.29, 1.82) is 5.53 Å². The average Bonchev–Trinajstić information content (AvgIpc) is 1.38. The molecule has 0 rings (SSSR count). The number of hydrogen-bond acceptors (Lipinski definition) is 2. The lowest BCUT2D eigenvalue weighted by molar-refractivity contribution is 0.266. The molecule has 0 atom stereocenters. The number of rotatable bonds is 0. The summed E-state index contributed by atoms with van der Waals surface area (Å²) in [4.78, 5) is 9.27. The van der Waals surface area contributed by atoms with Crippen LogP contribution in [-0.2, 0) is 0 Å². The lowest BCUT2D eigenvalue weighted by Crippen LogP contribution is -1.62. The van der Waals surface area contributed by atoms with Gasteiger partial charge in [-0.25, -0.2) is 5.53 Å². The third-order valence-electron chi connectivity index (χ3n) is 0.0913. The van der Waals surface area contributed by atoms with E-state index in [0.29, 0.717) is 0 Å². The lowest BCUT2D eigenvalue weighted by atomic mass is 11.4. The van der Waals surface area contributed by atoms with Crippen LogP contribution >= 0.6 is 12.6 Å². The maximum Gasteiger partial charge on any atom is 0.354 e. The molecule has 0 aromatic heterocycles. The molecule has 0 aromatic rings. The summed E-state index contributed by atoms with van der Waals surface area (Å²) in [6, 6.07) is 0. The fraction of sp³-hybridized carbons (Fsp3) is 0. The molecule has 0 saturated carbocycles. The van der Waals surface area contributed by atoms with Crippen LogP contribution in [0.2, 0.25) is 0 Å². The first kappa shape index (κ1) is 4.49. The second kappa shape index (κ2) is 1.78. The molecule has 0 spiro atoms. The van der Waals surface area contributed by atoms with E-state index in [4.69, 9.17) is 5.53 Å². The standard InChI is InChI=1S/CHN2OS/c2-3-1(4)5/h2H. The first-order valence-electron chi connectivity index (χ1n) is 0.855. The van der Waals surface area contributed by atoms with E-state index in [9.17, 15) is 4.79 Å². The normalized spacial score (nSPS) is 6.40. The predicted octanol–water partition coefficient (Wildman–Crippen LogP) is 1.33. The Balaban J connectivity index is 3.20. The molecular formula is CHN2OS. The van der Waals surface area contributed by atoms with Crippen molar-refractivity contribution in [2.75, 3.05) is 0 Å². The van der Waals surface area contributed by atoms with Gasteiger partial charge in [0.25, 0.3) is 0 Å². The van der Waals surface area contributed by atoms with Crippen LogP contribution in [-0.4, -0.2) is 5.24 Å². The zero-order valence-corrected chi connectivity index (χ0v) is 3.08. The maximum atomic E-state index is 9.27. The maximum absolute atomic E-state index is 9.27. The zero-order chi connectivity index (χ0) is 4.28. The molecule has 3 nitrogen and oxygen atoms in total. The molecule has 5 heavy (non-hydrogen) atoms. The largest absolute Gasteiger partial charge is 0.354 e. The van der Waals surface area contributed by atoms with E-state index in [1.807, 2.05) is 0 Å². The minimum Gasteiger partial charge on any atom is -0.252 e. The van der Waals surface area contributed by atoms with Gasteiger partial charge in [0, 0.05) is 0 Å². The van der Waals surface area contributed by atoms with Crippen LogP contribution in [0.4, 0.5) is 4.79 Å². The SMILES string of the molecule is N=NC(=O)[S]. The Morgan fingerprint density at radius 3 is 2.20 bits per heavy atom. The van der Waals surface area contributed by atoms with Gasteiger partial charge in [0.2, 0.25) is 0 Å². The highest BCUT2D eigenvalue weighted by Crippen LogP contribution is 1.77. The topological polar surface area (TPSA) is 53.3 Å². The average molecular weight is 89.1 g/mol. The Labute approximate surface area is 34.3 Å². The van der Waals surface area contributed by atoms with Gasteiger partial charge in [-0.15, -0.1) is 5.11 Å². The van der Waals surface area contributed by atoms with Gasteiger partial charge >= 0.3 is 5.24 Å². The molecule has 0 heterocycles. The van der Waals surface area contributed by atoms with Crippen molar-refractivity contribution >= 4 is 17.9 Å². The quantitative estimate of drug-likeness (QED) is 0.447. The Hall–Kier alpha value is -0.510. The van der Waals surface area contributed by atoms with Crippen LogP contribution in [0.25, 0.3) is 0 Å². The molecule has 0 unspecified atom stereocenters. The van der Waals surface area contributed by atoms with E-state index in [2.05, 4.69) is 17.7 Å². The molecule has 1 amide bonds. The van der Waals surface area contributed by atoms with E-state index in [-0.39, 0.29) is 0 Å². The van der Waals surface area contributed by atoms with Gasteiger partial charge in [-0.1, -0.05) is 0 Å².